The van der Waals surface area contributed by atoms with E-state index in [2.05, 4.69) is 20.8 Å². The minimum atomic E-state index is 0.420. The molecule has 0 saturated carbocycles. The van der Waals surface area contributed by atoms with E-state index in [0.29, 0.717) is 6.04 Å². The molecule has 0 saturated heterocycles. The first-order valence-electron chi connectivity index (χ1n) is 6.57. The highest BCUT2D eigenvalue weighted by Gasteiger charge is 2.11. The van der Waals surface area contributed by atoms with Crippen molar-refractivity contribution < 1.29 is 0 Å². The van der Waals surface area contributed by atoms with Gasteiger partial charge in [0.25, 0.3) is 0 Å². The van der Waals surface area contributed by atoms with Gasteiger partial charge in [-0.25, -0.2) is 0 Å². The first kappa shape index (κ1) is 15.3. The lowest BCUT2D eigenvalue weighted by atomic mass is 9.93. The summed E-state index contributed by atoms with van der Waals surface area (Å²) < 4.78 is 0. The van der Waals surface area contributed by atoms with Gasteiger partial charge in [-0.05, 0) is 24.5 Å². The molecule has 0 spiro atoms. The third kappa shape index (κ3) is 9.25. The molecular formula is C13H29NS. The van der Waals surface area contributed by atoms with Crippen molar-refractivity contribution in [2.24, 2.45) is 11.7 Å². The normalized spacial score (nSPS) is 15.2. The third-order valence-electron chi connectivity index (χ3n) is 2.86. The summed E-state index contributed by atoms with van der Waals surface area (Å²) in [5.41, 5.74) is 6.14. The van der Waals surface area contributed by atoms with Crippen molar-refractivity contribution in [2.45, 2.75) is 65.3 Å². The maximum atomic E-state index is 6.14. The Labute approximate surface area is 101 Å². The molecule has 0 aromatic rings. The molecule has 1 nitrogen and oxygen atoms in total. The Hall–Kier alpha value is 0.310. The molecule has 0 aromatic heterocycles. The summed E-state index contributed by atoms with van der Waals surface area (Å²) in [6.45, 7) is 6.80. The van der Waals surface area contributed by atoms with Crippen LogP contribution in [0.1, 0.15) is 59.3 Å². The minimum Gasteiger partial charge on any atom is -0.327 e. The van der Waals surface area contributed by atoms with E-state index >= 15 is 0 Å². The lowest BCUT2D eigenvalue weighted by Crippen LogP contribution is -2.26. The summed E-state index contributed by atoms with van der Waals surface area (Å²) in [6.07, 6.45) is 7.85. The number of unbranched alkanes of at least 4 members (excludes halogenated alkanes) is 1. The van der Waals surface area contributed by atoms with E-state index in [0.717, 1.165) is 11.7 Å². The van der Waals surface area contributed by atoms with E-state index in [-0.39, 0.29) is 0 Å². The lowest BCUT2D eigenvalue weighted by Gasteiger charge is -2.19. The highest BCUT2D eigenvalue weighted by Crippen LogP contribution is 2.19. The minimum absolute atomic E-state index is 0.420. The molecule has 0 radical (unpaired) electrons. The van der Waals surface area contributed by atoms with Crippen LogP contribution in [0.5, 0.6) is 0 Å². The van der Waals surface area contributed by atoms with E-state index in [1.807, 2.05) is 11.8 Å². The molecule has 0 bridgehead atoms. The average molecular weight is 231 g/mol. The monoisotopic (exact) mass is 231 g/mol. The molecule has 2 atom stereocenters. The van der Waals surface area contributed by atoms with Crippen LogP contribution in [0.25, 0.3) is 0 Å². The predicted molar refractivity (Wildman–Crippen MR) is 73.5 cm³/mol. The van der Waals surface area contributed by atoms with Crippen LogP contribution in [0.2, 0.25) is 0 Å². The van der Waals surface area contributed by atoms with Gasteiger partial charge in [-0.2, -0.15) is 11.8 Å². The fourth-order valence-electron chi connectivity index (χ4n) is 1.86. The van der Waals surface area contributed by atoms with E-state index in [9.17, 15) is 0 Å². The SMILES string of the molecule is CCCCC(CC)CC(N)CSCCC. The van der Waals surface area contributed by atoms with Gasteiger partial charge in [0.2, 0.25) is 0 Å². The zero-order chi connectivity index (χ0) is 11.5. The average Bonchev–Trinajstić information content (AvgIpc) is 2.24. The second-order valence-corrected chi connectivity index (χ2v) is 5.64. The Kier molecular flexibility index (Phi) is 11.0. The number of hydrogen-bond acceptors (Lipinski definition) is 2. The van der Waals surface area contributed by atoms with Crippen LogP contribution in [0.3, 0.4) is 0 Å². The molecule has 0 rings (SSSR count). The molecule has 0 aliphatic carbocycles. The van der Waals surface area contributed by atoms with Crippen LogP contribution in [-0.4, -0.2) is 17.5 Å². The van der Waals surface area contributed by atoms with Crippen molar-refractivity contribution in [1.29, 1.82) is 0 Å². The molecule has 92 valence electrons. The van der Waals surface area contributed by atoms with Crippen molar-refractivity contribution in [3.63, 3.8) is 0 Å². The topological polar surface area (TPSA) is 26.0 Å². The Balaban J connectivity index is 3.55. The quantitative estimate of drug-likeness (QED) is 0.574. The number of nitrogens with two attached hydrogens (primary N) is 1. The second-order valence-electron chi connectivity index (χ2n) is 4.49. The second kappa shape index (κ2) is 10.8. The number of hydrogen-bond donors (Lipinski definition) is 1. The van der Waals surface area contributed by atoms with Gasteiger partial charge >= 0.3 is 0 Å². The van der Waals surface area contributed by atoms with Crippen LogP contribution < -0.4 is 5.73 Å². The lowest BCUT2D eigenvalue weighted by molar-refractivity contribution is 0.396. The zero-order valence-electron chi connectivity index (χ0n) is 10.8. The van der Waals surface area contributed by atoms with Crippen LogP contribution in [0.15, 0.2) is 0 Å². The Bertz CT molecular complexity index is 128. The molecule has 15 heavy (non-hydrogen) atoms. The molecule has 0 aromatic carbocycles. The zero-order valence-corrected chi connectivity index (χ0v) is 11.6. The maximum Gasteiger partial charge on any atom is 0.0133 e. The van der Waals surface area contributed by atoms with Gasteiger partial charge in [-0.15, -0.1) is 0 Å². The van der Waals surface area contributed by atoms with Crippen molar-refractivity contribution in [2.75, 3.05) is 11.5 Å². The van der Waals surface area contributed by atoms with Gasteiger partial charge in [-0.3, -0.25) is 0 Å². The first-order chi connectivity index (χ1) is 7.24. The Morgan fingerprint density at radius 2 is 1.87 bits per heavy atom. The molecule has 0 aliphatic rings. The van der Waals surface area contributed by atoms with Gasteiger partial charge in [0.1, 0.15) is 0 Å². The fourth-order valence-corrected chi connectivity index (χ4v) is 2.75. The highest BCUT2D eigenvalue weighted by molar-refractivity contribution is 7.99. The van der Waals surface area contributed by atoms with E-state index < -0.39 is 0 Å². The summed E-state index contributed by atoms with van der Waals surface area (Å²) >= 11 is 2.01. The smallest absolute Gasteiger partial charge is 0.0133 e. The molecular weight excluding hydrogens is 202 g/mol. The highest BCUT2D eigenvalue weighted by atomic mass is 32.2. The summed E-state index contributed by atoms with van der Waals surface area (Å²) in [6, 6.07) is 0.420. The van der Waals surface area contributed by atoms with Crippen LogP contribution in [-0.2, 0) is 0 Å². The maximum absolute atomic E-state index is 6.14. The Morgan fingerprint density at radius 1 is 1.13 bits per heavy atom. The molecule has 0 amide bonds. The Morgan fingerprint density at radius 3 is 2.40 bits per heavy atom. The molecule has 2 heteroatoms. The van der Waals surface area contributed by atoms with Crippen LogP contribution in [0.4, 0.5) is 0 Å². The van der Waals surface area contributed by atoms with E-state index in [1.54, 1.807) is 0 Å². The van der Waals surface area contributed by atoms with E-state index in [4.69, 9.17) is 5.73 Å². The molecule has 0 aliphatic heterocycles. The fraction of sp³-hybridized carbons (Fsp3) is 1.00. The van der Waals surface area contributed by atoms with Gasteiger partial charge in [0.15, 0.2) is 0 Å². The molecule has 2 N–H and O–H groups in total. The summed E-state index contributed by atoms with van der Waals surface area (Å²) in [5, 5.41) is 0. The van der Waals surface area contributed by atoms with Gasteiger partial charge < -0.3 is 5.73 Å². The summed E-state index contributed by atoms with van der Waals surface area (Å²) in [4.78, 5) is 0. The van der Waals surface area contributed by atoms with Crippen molar-refractivity contribution in [3.8, 4) is 0 Å². The van der Waals surface area contributed by atoms with Gasteiger partial charge in [0.05, 0.1) is 0 Å². The summed E-state index contributed by atoms with van der Waals surface area (Å²) in [5.74, 6) is 3.28. The van der Waals surface area contributed by atoms with Crippen molar-refractivity contribution in [3.05, 3.63) is 0 Å². The molecule has 0 fully saturated rings. The largest absolute Gasteiger partial charge is 0.327 e. The number of thioether (sulfide) groups is 1. The van der Waals surface area contributed by atoms with Crippen LogP contribution >= 0.6 is 11.8 Å². The first-order valence-corrected chi connectivity index (χ1v) is 7.73. The van der Waals surface area contributed by atoms with Crippen molar-refractivity contribution >= 4 is 11.8 Å². The van der Waals surface area contributed by atoms with Crippen LogP contribution in [0, 0.1) is 5.92 Å². The number of rotatable bonds is 10. The van der Waals surface area contributed by atoms with Gasteiger partial charge in [0, 0.05) is 11.8 Å². The molecule has 2 unspecified atom stereocenters. The third-order valence-corrected chi connectivity index (χ3v) is 4.22. The van der Waals surface area contributed by atoms with E-state index in [1.165, 1.54) is 44.3 Å². The van der Waals surface area contributed by atoms with Crippen molar-refractivity contribution in [1.82, 2.24) is 0 Å². The predicted octanol–water partition coefficient (Wildman–Crippen LogP) is 4.06. The molecule has 0 heterocycles. The van der Waals surface area contributed by atoms with Gasteiger partial charge in [-0.1, -0.05) is 46.5 Å². The summed E-state index contributed by atoms with van der Waals surface area (Å²) in [7, 11) is 0. The standard InChI is InChI=1S/C13H29NS/c1-4-7-8-12(6-3)10-13(14)11-15-9-5-2/h12-13H,4-11,14H2,1-3H3.